The third-order valence-corrected chi connectivity index (χ3v) is 5.48. The Hall–Kier alpha value is -2.89. The normalized spacial score (nSPS) is 15.8. The second-order valence-corrected chi connectivity index (χ2v) is 7.56. The SMILES string of the molecule is CCN(C(=O)CCC(=O)N1CCC(CCOc2ccc(F)cc2)C1)c1ccccc1. The number of nitrogens with zero attached hydrogens (tertiary/aromatic N) is 2. The van der Waals surface area contributed by atoms with Crippen LogP contribution < -0.4 is 9.64 Å². The van der Waals surface area contributed by atoms with Crippen LogP contribution in [-0.2, 0) is 9.59 Å². The first-order chi connectivity index (χ1) is 14.6. The number of halogens is 1. The average molecular weight is 413 g/mol. The minimum absolute atomic E-state index is 0.0273. The van der Waals surface area contributed by atoms with E-state index in [1.165, 1.54) is 12.1 Å². The largest absolute Gasteiger partial charge is 0.494 e. The van der Waals surface area contributed by atoms with Gasteiger partial charge in [-0.2, -0.15) is 0 Å². The van der Waals surface area contributed by atoms with E-state index in [0.29, 0.717) is 31.4 Å². The van der Waals surface area contributed by atoms with E-state index in [2.05, 4.69) is 0 Å². The fraction of sp³-hybridized carbons (Fsp3) is 0.417. The van der Waals surface area contributed by atoms with Gasteiger partial charge in [-0.1, -0.05) is 18.2 Å². The summed E-state index contributed by atoms with van der Waals surface area (Å²) in [5.74, 6) is 0.771. The van der Waals surface area contributed by atoms with Crippen LogP contribution in [0.1, 0.15) is 32.6 Å². The molecule has 3 rings (SSSR count). The predicted molar refractivity (Wildman–Crippen MR) is 115 cm³/mol. The molecule has 1 atom stereocenters. The van der Waals surface area contributed by atoms with Crippen molar-refractivity contribution >= 4 is 17.5 Å². The van der Waals surface area contributed by atoms with Crippen molar-refractivity contribution in [3.63, 3.8) is 0 Å². The summed E-state index contributed by atoms with van der Waals surface area (Å²) in [4.78, 5) is 28.7. The summed E-state index contributed by atoms with van der Waals surface area (Å²) in [6, 6.07) is 15.5. The fourth-order valence-electron chi connectivity index (χ4n) is 3.79. The van der Waals surface area contributed by atoms with Gasteiger partial charge in [-0.15, -0.1) is 0 Å². The van der Waals surface area contributed by atoms with Gasteiger partial charge in [0, 0.05) is 38.2 Å². The number of benzene rings is 2. The Bertz CT molecular complexity index is 826. The van der Waals surface area contributed by atoms with Crippen LogP contribution in [0.3, 0.4) is 0 Å². The highest BCUT2D eigenvalue weighted by atomic mass is 19.1. The van der Waals surface area contributed by atoms with Gasteiger partial charge in [0.2, 0.25) is 11.8 Å². The summed E-state index contributed by atoms with van der Waals surface area (Å²) in [7, 11) is 0. The summed E-state index contributed by atoms with van der Waals surface area (Å²) in [5, 5.41) is 0. The van der Waals surface area contributed by atoms with Crippen LogP contribution in [0.25, 0.3) is 0 Å². The molecule has 2 aromatic carbocycles. The molecule has 5 nitrogen and oxygen atoms in total. The van der Waals surface area contributed by atoms with Crippen LogP contribution in [0.5, 0.6) is 5.75 Å². The Morgan fingerprint density at radius 2 is 1.83 bits per heavy atom. The zero-order valence-corrected chi connectivity index (χ0v) is 17.4. The van der Waals surface area contributed by atoms with Crippen molar-refractivity contribution in [1.29, 1.82) is 0 Å². The van der Waals surface area contributed by atoms with E-state index in [1.54, 1.807) is 17.0 Å². The molecule has 1 fully saturated rings. The Labute approximate surface area is 177 Å². The van der Waals surface area contributed by atoms with Crippen molar-refractivity contribution in [3.05, 3.63) is 60.4 Å². The van der Waals surface area contributed by atoms with E-state index in [0.717, 1.165) is 25.1 Å². The smallest absolute Gasteiger partial charge is 0.227 e. The summed E-state index contributed by atoms with van der Waals surface area (Å²) in [5.41, 5.74) is 0.861. The number of likely N-dealkylation sites (tertiary alicyclic amines) is 1. The van der Waals surface area contributed by atoms with Gasteiger partial charge in [0.25, 0.3) is 0 Å². The molecule has 0 spiro atoms. The summed E-state index contributed by atoms with van der Waals surface area (Å²) in [6.45, 7) is 4.49. The average Bonchev–Trinajstić information content (AvgIpc) is 3.24. The van der Waals surface area contributed by atoms with Crippen molar-refractivity contribution in [2.75, 3.05) is 31.1 Å². The molecule has 1 aliphatic rings. The van der Waals surface area contributed by atoms with Gasteiger partial charge in [0.15, 0.2) is 0 Å². The van der Waals surface area contributed by atoms with Crippen molar-refractivity contribution < 1.29 is 18.7 Å². The van der Waals surface area contributed by atoms with Crippen LogP contribution in [-0.4, -0.2) is 43.0 Å². The Morgan fingerprint density at radius 1 is 1.10 bits per heavy atom. The lowest BCUT2D eigenvalue weighted by atomic mass is 10.1. The number of hydrogen-bond donors (Lipinski definition) is 0. The van der Waals surface area contributed by atoms with Crippen LogP contribution >= 0.6 is 0 Å². The highest BCUT2D eigenvalue weighted by Gasteiger charge is 2.26. The van der Waals surface area contributed by atoms with E-state index in [-0.39, 0.29) is 30.5 Å². The first-order valence-corrected chi connectivity index (χ1v) is 10.6. The molecule has 160 valence electrons. The first-order valence-electron chi connectivity index (χ1n) is 10.6. The minimum atomic E-state index is -0.281. The lowest BCUT2D eigenvalue weighted by Crippen LogP contribution is -2.33. The number of hydrogen-bond acceptors (Lipinski definition) is 3. The lowest BCUT2D eigenvalue weighted by Gasteiger charge is -2.22. The predicted octanol–water partition coefficient (Wildman–Crippen LogP) is 4.28. The van der Waals surface area contributed by atoms with Gasteiger partial charge in [0.05, 0.1) is 6.61 Å². The first kappa shape index (κ1) is 21.8. The van der Waals surface area contributed by atoms with Crippen LogP contribution in [0.15, 0.2) is 54.6 Å². The van der Waals surface area contributed by atoms with E-state index in [1.807, 2.05) is 42.2 Å². The van der Waals surface area contributed by atoms with E-state index in [4.69, 9.17) is 4.74 Å². The topological polar surface area (TPSA) is 49.9 Å². The molecule has 0 saturated carbocycles. The van der Waals surface area contributed by atoms with E-state index in [9.17, 15) is 14.0 Å². The number of carbonyl (C=O) groups excluding carboxylic acids is 2. The number of rotatable bonds is 9. The molecule has 6 heteroatoms. The van der Waals surface area contributed by atoms with Crippen molar-refractivity contribution in [3.8, 4) is 5.75 Å². The maximum absolute atomic E-state index is 12.9. The molecule has 2 amide bonds. The molecule has 1 aliphatic heterocycles. The van der Waals surface area contributed by atoms with Crippen molar-refractivity contribution in [2.45, 2.75) is 32.6 Å². The molecule has 30 heavy (non-hydrogen) atoms. The standard InChI is InChI=1S/C24H29FN2O3/c1-2-27(21-6-4-3-5-7-21)24(29)13-12-23(28)26-16-14-19(18-26)15-17-30-22-10-8-20(25)9-11-22/h3-11,19H,2,12-18H2,1H3. The number of anilines is 1. The number of ether oxygens (including phenoxy) is 1. The third-order valence-electron chi connectivity index (χ3n) is 5.48. The molecule has 0 bridgehead atoms. The summed E-state index contributed by atoms with van der Waals surface area (Å²) < 4.78 is 18.6. The van der Waals surface area contributed by atoms with Crippen molar-refractivity contribution in [2.24, 2.45) is 5.92 Å². The molecule has 0 radical (unpaired) electrons. The van der Waals surface area contributed by atoms with Crippen LogP contribution in [0.4, 0.5) is 10.1 Å². The molecule has 1 heterocycles. The molecule has 1 unspecified atom stereocenters. The minimum Gasteiger partial charge on any atom is -0.494 e. The maximum atomic E-state index is 12.9. The zero-order valence-electron chi connectivity index (χ0n) is 17.4. The second kappa shape index (κ2) is 10.8. The van der Waals surface area contributed by atoms with Crippen LogP contribution in [0.2, 0.25) is 0 Å². The van der Waals surface area contributed by atoms with Gasteiger partial charge < -0.3 is 14.5 Å². The quantitative estimate of drug-likeness (QED) is 0.618. The van der Waals surface area contributed by atoms with Gasteiger partial charge in [-0.3, -0.25) is 9.59 Å². The monoisotopic (exact) mass is 412 g/mol. The van der Waals surface area contributed by atoms with Gasteiger partial charge in [-0.05, 0) is 62.1 Å². The van der Waals surface area contributed by atoms with E-state index < -0.39 is 0 Å². The Balaban J connectivity index is 1.38. The molecule has 0 N–H and O–H groups in total. The number of para-hydroxylation sites is 1. The fourth-order valence-corrected chi connectivity index (χ4v) is 3.79. The molecule has 2 aromatic rings. The van der Waals surface area contributed by atoms with Gasteiger partial charge in [-0.25, -0.2) is 4.39 Å². The molecule has 0 aliphatic carbocycles. The lowest BCUT2D eigenvalue weighted by molar-refractivity contribution is -0.132. The number of amides is 2. The zero-order chi connectivity index (χ0) is 21.3. The van der Waals surface area contributed by atoms with Gasteiger partial charge in [0.1, 0.15) is 11.6 Å². The Morgan fingerprint density at radius 3 is 2.53 bits per heavy atom. The summed E-state index contributed by atoms with van der Waals surface area (Å²) >= 11 is 0. The second-order valence-electron chi connectivity index (χ2n) is 7.56. The third kappa shape index (κ3) is 6.05. The number of carbonyl (C=O) groups is 2. The van der Waals surface area contributed by atoms with E-state index >= 15 is 0 Å². The summed E-state index contributed by atoms with van der Waals surface area (Å²) in [6.07, 6.45) is 2.24. The van der Waals surface area contributed by atoms with Gasteiger partial charge >= 0.3 is 0 Å². The Kier molecular flexibility index (Phi) is 7.82. The van der Waals surface area contributed by atoms with Crippen molar-refractivity contribution in [1.82, 2.24) is 4.90 Å². The highest BCUT2D eigenvalue weighted by molar-refractivity contribution is 5.95. The molecular formula is C24H29FN2O3. The molecule has 1 saturated heterocycles. The molecule has 0 aromatic heterocycles. The van der Waals surface area contributed by atoms with Crippen LogP contribution in [0, 0.1) is 11.7 Å². The molecular weight excluding hydrogens is 383 g/mol. The highest BCUT2D eigenvalue weighted by Crippen LogP contribution is 2.22. The maximum Gasteiger partial charge on any atom is 0.227 e.